The molecule has 2 aliphatic rings. The lowest BCUT2D eigenvalue weighted by Crippen LogP contribution is -2.48. The fraction of sp³-hybridized carbons (Fsp3) is 1.00. The summed E-state index contributed by atoms with van der Waals surface area (Å²) in [5.41, 5.74) is 0. The van der Waals surface area contributed by atoms with E-state index in [0.717, 1.165) is 19.0 Å². The third-order valence-electron chi connectivity index (χ3n) is 3.41. The minimum absolute atomic E-state index is 0.408. The van der Waals surface area contributed by atoms with E-state index < -0.39 is 0 Å². The van der Waals surface area contributed by atoms with Crippen molar-refractivity contribution in [3.63, 3.8) is 0 Å². The Morgan fingerprint density at radius 2 is 2.00 bits per heavy atom. The second-order valence-electron chi connectivity index (χ2n) is 5.19. The molecule has 1 N–H and O–H groups in total. The van der Waals surface area contributed by atoms with Crippen LogP contribution in [0, 0.1) is 5.92 Å². The van der Waals surface area contributed by atoms with E-state index in [1.807, 2.05) is 0 Å². The quantitative estimate of drug-likeness (QED) is 0.742. The molecule has 0 bridgehead atoms. The van der Waals surface area contributed by atoms with Crippen LogP contribution >= 0.6 is 0 Å². The summed E-state index contributed by atoms with van der Waals surface area (Å²) in [6, 6.07) is 0. The molecular formula is C12H24N2O. The third-order valence-corrected chi connectivity index (χ3v) is 3.41. The van der Waals surface area contributed by atoms with E-state index in [0.29, 0.717) is 12.2 Å². The van der Waals surface area contributed by atoms with Crippen molar-refractivity contribution in [2.24, 2.45) is 5.92 Å². The first-order valence-corrected chi connectivity index (χ1v) is 6.32. The average molecular weight is 212 g/mol. The molecule has 2 fully saturated rings. The predicted octanol–water partition coefficient (Wildman–Crippen LogP) is 1.10. The monoisotopic (exact) mass is 212 g/mol. The number of nitrogens with zero attached hydrogens (tertiary/aromatic N) is 1. The van der Waals surface area contributed by atoms with Crippen molar-refractivity contribution < 1.29 is 4.74 Å². The molecule has 2 rings (SSSR count). The maximum atomic E-state index is 5.75. The van der Waals surface area contributed by atoms with Crippen LogP contribution in [0.25, 0.3) is 0 Å². The minimum Gasteiger partial charge on any atom is -0.373 e. The molecule has 1 unspecified atom stereocenters. The van der Waals surface area contributed by atoms with Crippen LogP contribution in [-0.2, 0) is 4.74 Å². The SMILES string of the molecule is C[C@@H]1CN(CC2CCCNC2)C[C@H](C)O1. The smallest absolute Gasteiger partial charge is 0.0678 e. The molecule has 2 aliphatic heterocycles. The van der Waals surface area contributed by atoms with Crippen molar-refractivity contribution >= 4 is 0 Å². The van der Waals surface area contributed by atoms with E-state index >= 15 is 0 Å². The fourth-order valence-corrected chi connectivity index (χ4v) is 2.88. The third kappa shape index (κ3) is 3.44. The van der Waals surface area contributed by atoms with Gasteiger partial charge in [0.1, 0.15) is 0 Å². The van der Waals surface area contributed by atoms with Gasteiger partial charge in [-0.15, -0.1) is 0 Å². The number of ether oxygens (including phenoxy) is 1. The van der Waals surface area contributed by atoms with Gasteiger partial charge in [0.25, 0.3) is 0 Å². The molecule has 0 spiro atoms. The van der Waals surface area contributed by atoms with Crippen LogP contribution in [-0.4, -0.2) is 49.8 Å². The van der Waals surface area contributed by atoms with E-state index in [2.05, 4.69) is 24.1 Å². The summed E-state index contributed by atoms with van der Waals surface area (Å²) in [5.74, 6) is 0.858. The van der Waals surface area contributed by atoms with Crippen LogP contribution in [0.1, 0.15) is 26.7 Å². The van der Waals surface area contributed by atoms with Gasteiger partial charge in [-0.2, -0.15) is 0 Å². The second-order valence-corrected chi connectivity index (χ2v) is 5.19. The highest BCUT2D eigenvalue weighted by molar-refractivity contribution is 4.78. The summed E-state index contributed by atoms with van der Waals surface area (Å²) >= 11 is 0. The molecule has 2 saturated heterocycles. The summed E-state index contributed by atoms with van der Waals surface area (Å²) in [6.07, 6.45) is 3.56. The van der Waals surface area contributed by atoms with Crippen LogP contribution in [0.5, 0.6) is 0 Å². The van der Waals surface area contributed by atoms with Crippen molar-refractivity contribution in [1.82, 2.24) is 10.2 Å². The number of piperidine rings is 1. The number of morpholine rings is 1. The lowest BCUT2D eigenvalue weighted by atomic mass is 9.98. The summed E-state index contributed by atoms with van der Waals surface area (Å²) in [4.78, 5) is 2.58. The highest BCUT2D eigenvalue weighted by Crippen LogP contribution is 2.16. The highest BCUT2D eigenvalue weighted by Gasteiger charge is 2.24. The molecule has 0 aromatic rings. The molecular weight excluding hydrogens is 188 g/mol. The Morgan fingerprint density at radius 3 is 2.60 bits per heavy atom. The molecule has 2 heterocycles. The first kappa shape index (κ1) is 11.4. The van der Waals surface area contributed by atoms with E-state index in [4.69, 9.17) is 4.74 Å². The molecule has 3 nitrogen and oxygen atoms in total. The second kappa shape index (κ2) is 5.28. The van der Waals surface area contributed by atoms with Crippen LogP contribution in [0.3, 0.4) is 0 Å². The Morgan fingerprint density at radius 1 is 1.27 bits per heavy atom. The van der Waals surface area contributed by atoms with E-state index in [9.17, 15) is 0 Å². The van der Waals surface area contributed by atoms with Crippen LogP contribution in [0.15, 0.2) is 0 Å². The summed E-state index contributed by atoms with van der Waals surface area (Å²) in [5, 5.41) is 3.49. The zero-order chi connectivity index (χ0) is 10.7. The maximum Gasteiger partial charge on any atom is 0.0678 e. The van der Waals surface area contributed by atoms with Gasteiger partial charge in [-0.3, -0.25) is 4.90 Å². The van der Waals surface area contributed by atoms with Gasteiger partial charge >= 0.3 is 0 Å². The fourth-order valence-electron chi connectivity index (χ4n) is 2.88. The highest BCUT2D eigenvalue weighted by atomic mass is 16.5. The van der Waals surface area contributed by atoms with Gasteiger partial charge in [0.05, 0.1) is 12.2 Å². The lowest BCUT2D eigenvalue weighted by molar-refractivity contribution is -0.0720. The van der Waals surface area contributed by atoms with Crippen molar-refractivity contribution in [2.45, 2.75) is 38.9 Å². The molecule has 3 heteroatoms. The van der Waals surface area contributed by atoms with Crippen LogP contribution < -0.4 is 5.32 Å². The normalized spacial score (nSPS) is 39.2. The van der Waals surface area contributed by atoms with E-state index in [-0.39, 0.29) is 0 Å². The van der Waals surface area contributed by atoms with Gasteiger partial charge in [0, 0.05) is 19.6 Å². The number of rotatable bonds is 2. The van der Waals surface area contributed by atoms with Crippen LogP contribution in [0.2, 0.25) is 0 Å². The molecule has 0 aromatic heterocycles. The Labute approximate surface area is 93.2 Å². The molecule has 0 radical (unpaired) electrons. The lowest BCUT2D eigenvalue weighted by Gasteiger charge is -2.38. The average Bonchev–Trinajstić information content (AvgIpc) is 2.17. The largest absolute Gasteiger partial charge is 0.373 e. The van der Waals surface area contributed by atoms with Crippen molar-refractivity contribution in [3.05, 3.63) is 0 Å². The molecule has 88 valence electrons. The van der Waals surface area contributed by atoms with Crippen LogP contribution in [0.4, 0.5) is 0 Å². The summed E-state index contributed by atoms with van der Waals surface area (Å²) in [7, 11) is 0. The number of hydrogen-bond donors (Lipinski definition) is 1. The number of nitrogens with one attached hydrogen (secondary N) is 1. The maximum absolute atomic E-state index is 5.75. The van der Waals surface area contributed by atoms with Gasteiger partial charge in [0.15, 0.2) is 0 Å². The Hall–Kier alpha value is -0.120. The number of hydrogen-bond acceptors (Lipinski definition) is 3. The van der Waals surface area contributed by atoms with Gasteiger partial charge in [0.2, 0.25) is 0 Å². The standard InChI is InChI=1S/C12H24N2O/c1-10-7-14(8-11(2)15-10)9-12-4-3-5-13-6-12/h10-13H,3-9H2,1-2H3/t10-,11+,12?. The Balaban J connectivity index is 1.77. The summed E-state index contributed by atoms with van der Waals surface area (Å²) in [6.45, 7) is 10.3. The van der Waals surface area contributed by atoms with E-state index in [1.54, 1.807) is 0 Å². The first-order valence-electron chi connectivity index (χ1n) is 6.32. The van der Waals surface area contributed by atoms with Crippen molar-refractivity contribution in [1.29, 1.82) is 0 Å². The molecule has 15 heavy (non-hydrogen) atoms. The Bertz CT molecular complexity index is 182. The summed E-state index contributed by atoms with van der Waals surface area (Å²) < 4.78 is 5.75. The van der Waals surface area contributed by atoms with E-state index in [1.165, 1.54) is 32.5 Å². The zero-order valence-electron chi connectivity index (χ0n) is 10.0. The molecule has 0 amide bonds. The first-order chi connectivity index (χ1) is 7.24. The Kier molecular flexibility index (Phi) is 4.00. The topological polar surface area (TPSA) is 24.5 Å². The van der Waals surface area contributed by atoms with Gasteiger partial charge in [-0.25, -0.2) is 0 Å². The zero-order valence-corrected chi connectivity index (χ0v) is 10.0. The predicted molar refractivity (Wildman–Crippen MR) is 62.0 cm³/mol. The van der Waals surface area contributed by atoms with Crippen molar-refractivity contribution in [3.8, 4) is 0 Å². The molecule has 0 aromatic carbocycles. The van der Waals surface area contributed by atoms with Gasteiger partial charge < -0.3 is 10.1 Å². The molecule has 0 saturated carbocycles. The van der Waals surface area contributed by atoms with Crippen molar-refractivity contribution in [2.75, 3.05) is 32.7 Å². The van der Waals surface area contributed by atoms with Gasteiger partial charge in [-0.1, -0.05) is 0 Å². The minimum atomic E-state index is 0.408. The molecule has 0 aliphatic carbocycles. The molecule has 3 atom stereocenters. The van der Waals surface area contributed by atoms with Gasteiger partial charge in [-0.05, 0) is 45.7 Å².